The SMILES string of the molecule is COc1ccc2c(c1)CS[C@H](C(=O)N1C(=O)O[C@H]3Cc4ccccc4[C@H]31)C2. The number of imide groups is 1. The van der Waals surface area contributed by atoms with Crippen LogP contribution >= 0.6 is 11.8 Å². The van der Waals surface area contributed by atoms with E-state index in [4.69, 9.17) is 9.47 Å². The summed E-state index contributed by atoms with van der Waals surface area (Å²) in [5.74, 6) is 1.42. The molecule has 2 heterocycles. The van der Waals surface area contributed by atoms with Crippen LogP contribution in [0, 0.1) is 0 Å². The number of thioether (sulfide) groups is 1. The quantitative estimate of drug-likeness (QED) is 0.797. The molecule has 5 rings (SSSR count). The average Bonchev–Trinajstić information content (AvgIpc) is 3.20. The first-order chi connectivity index (χ1) is 13.2. The second-order valence-electron chi connectivity index (χ2n) is 7.12. The molecular weight excluding hydrogens is 362 g/mol. The van der Waals surface area contributed by atoms with Gasteiger partial charge in [-0.05, 0) is 40.8 Å². The van der Waals surface area contributed by atoms with E-state index in [2.05, 4.69) is 0 Å². The first kappa shape index (κ1) is 16.7. The van der Waals surface area contributed by atoms with Crippen LogP contribution in [0.25, 0.3) is 0 Å². The van der Waals surface area contributed by atoms with E-state index in [1.54, 1.807) is 18.9 Å². The summed E-state index contributed by atoms with van der Waals surface area (Å²) in [7, 11) is 1.65. The molecule has 0 radical (unpaired) electrons. The molecule has 3 aliphatic rings. The fourth-order valence-electron chi connectivity index (χ4n) is 4.30. The van der Waals surface area contributed by atoms with Gasteiger partial charge < -0.3 is 9.47 Å². The van der Waals surface area contributed by atoms with E-state index in [0.29, 0.717) is 12.8 Å². The van der Waals surface area contributed by atoms with Gasteiger partial charge >= 0.3 is 6.09 Å². The van der Waals surface area contributed by atoms with E-state index in [1.165, 1.54) is 10.5 Å². The summed E-state index contributed by atoms with van der Waals surface area (Å²) in [6, 6.07) is 13.6. The highest BCUT2D eigenvalue weighted by Crippen LogP contribution is 2.44. The molecule has 0 N–H and O–H groups in total. The maximum atomic E-state index is 13.3. The topological polar surface area (TPSA) is 55.8 Å². The zero-order chi connectivity index (χ0) is 18.5. The molecule has 0 aromatic heterocycles. The third-order valence-corrected chi connectivity index (χ3v) is 6.89. The third-order valence-electron chi connectivity index (χ3n) is 5.65. The van der Waals surface area contributed by atoms with Crippen molar-refractivity contribution in [2.45, 2.75) is 36.0 Å². The maximum absolute atomic E-state index is 13.3. The average molecular weight is 381 g/mol. The number of carbonyl (C=O) groups excluding carboxylic acids is 2. The summed E-state index contributed by atoms with van der Waals surface area (Å²) in [5, 5.41) is -0.273. The van der Waals surface area contributed by atoms with Crippen LogP contribution in [0.5, 0.6) is 5.75 Å². The number of rotatable bonds is 2. The number of benzene rings is 2. The number of amides is 2. The van der Waals surface area contributed by atoms with Crippen molar-refractivity contribution < 1.29 is 19.1 Å². The van der Waals surface area contributed by atoms with E-state index in [9.17, 15) is 9.59 Å². The highest BCUT2D eigenvalue weighted by Gasteiger charge is 2.51. The summed E-state index contributed by atoms with van der Waals surface area (Å²) < 4.78 is 10.8. The van der Waals surface area contributed by atoms with Gasteiger partial charge in [0.25, 0.3) is 0 Å². The minimum absolute atomic E-state index is 0.143. The summed E-state index contributed by atoms with van der Waals surface area (Å²) in [6.45, 7) is 0. The molecule has 1 fully saturated rings. The van der Waals surface area contributed by atoms with Crippen LogP contribution in [0.15, 0.2) is 42.5 Å². The van der Waals surface area contributed by atoms with Crippen molar-refractivity contribution in [1.29, 1.82) is 0 Å². The summed E-state index contributed by atoms with van der Waals surface area (Å²) in [6.07, 6.45) is 0.525. The number of ether oxygens (including phenoxy) is 2. The molecule has 0 saturated carbocycles. The van der Waals surface area contributed by atoms with Gasteiger partial charge in [-0.25, -0.2) is 9.69 Å². The highest BCUT2D eigenvalue weighted by molar-refractivity contribution is 7.99. The van der Waals surface area contributed by atoms with Gasteiger partial charge in [-0.15, -0.1) is 11.8 Å². The van der Waals surface area contributed by atoms with Crippen LogP contribution in [-0.2, 0) is 28.1 Å². The number of nitrogens with zero attached hydrogens (tertiary/aromatic N) is 1. The molecule has 138 valence electrons. The minimum atomic E-state index is -0.509. The Morgan fingerprint density at radius 1 is 1.15 bits per heavy atom. The Balaban J connectivity index is 1.41. The summed E-state index contributed by atoms with van der Waals surface area (Å²) in [4.78, 5) is 27.1. The Labute approximate surface area is 161 Å². The Bertz CT molecular complexity index is 944. The van der Waals surface area contributed by atoms with E-state index in [-0.39, 0.29) is 23.3 Å². The molecule has 0 spiro atoms. The molecule has 6 heteroatoms. The van der Waals surface area contributed by atoms with Crippen molar-refractivity contribution >= 4 is 23.8 Å². The first-order valence-electron chi connectivity index (χ1n) is 9.04. The highest BCUT2D eigenvalue weighted by atomic mass is 32.2. The first-order valence-corrected chi connectivity index (χ1v) is 10.1. The lowest BCUT2D eigenvalue weighted by molar-refractivity contribution is -0.128. The van der Waals surface area contributed by atoms with Crippen molar-refractivity contribution in [3.8, 4) is 5.75 Å². The third kappa shape index (κ3) is 2.62. The zero-order valence-electron chi connectivity index (χ0n) is 14.9. The van der Waals surface area contributed by atoms with E-state index >= 15 is 0 Å². The molecule has 1 aliphatic carbocycles. The molecule has 2 amide bonds. The molecule has 27 heavy (non-hydrogen) atoms. The van der Waals surface area contributed by atoms with Gasteiger partial charge in [0.15, 0.2) is 0 Å². The summed E-state index contributed by atoms with van der Waals surface area (Å²) >= 11 is 1.58. The normalized spacial score (nSPS) is 25.4. The molecule has 2 aliphatic heterocycles. The van der Waals surface area contributed by atoms with Crippen LogP contribution in [0.3, 0.4) is 0 Å². The van der Waals surface area contributed by atoms with Crippen LogP contribution in [-0.4, -0.2) is 35.4 Å². The zero-order valence-corrected chi connectivity index (χ0v) is 15.7. The standard InChI is InChI=1S/C21H19NO4S/c1-25-15-7-6-12-10-18(27-11-14(12)8-15)20(23)22-19-16-5-3-2-4-13(16)9-17(19)26-21(22)24/h2-8,17-19H,9-11H2,1H3/t17-,18-,19+/m0/s1. The van der Waals surface area contributed by atoms with Crippen molar-refractivity contribution in [3.05, 3.63) is 64.7 Å². The van der Waals surface area contributed by atoms with Crippen molar-refractivity contribution in [3.63, 3.8) is 0 Å². The Hall–Kier alpha value is -2.47. The Morgan fingerprint density at radius 3 is 2.85 bits per heavy atom. The predicted molar refractivity (Wildman–Crippen MR) is 102 cm³/mol. The summed E-state index contributed by atoms with van der Waals surface area (Å²) in [5.41, 5.74) is 4.53. The van der Waals surface area contributed by atoms with Crippen LogP contribution in [0.2, 0.25) is 0 Å². The van der Waals surface area contributed by atoms with Crippen molar-refractivity contribution in [2.24, 2.45) is 0 Å². The molecular formula is C21H19NO4S. The van der Waals surface area contributed by atoms with Crippen molar-refractivity contribution in [2.75, 3.05) is 7.11 Å². The molecule has 2 aromatic rings. The monoisotopic (exact) mass is 381 g/mol. The smallest absolute Gasteiger partial charge is 0.417 e. The van der Waals surface area contributed by atoms with Gasteiger partial charge in [0, 0.05) is 12.2 Å². The van der Waals surface area contributed by atoms with Gasteiger partial charge in [-0.1, -0.05) is 30.3 Å². The van der Waals surface area contributed by atoms with Gasteiger partial charge in [-0.3, -0.25) is 4.79 Å². The van der Waals surface area contributed by atoms with Crippen LogP contribution in [0.4, 0.5) is 4.79 Å². The van der Waals surface area contributed by atoms with Gasteiger partial charge in [0.05, 0.1) is 12.4 Å². The molecule has 3 atom stereocenters. The fourth-order valence-corrected chi connectivity index (χ4v) is 5.50. The van der Waals surface area contributed by atoms with Gasteiger partial charge in [0.2, 0.25) is 5.91 Å². The molecule has 2 aromatic carbocycles. The van der Waals surface area contributed by atoms with Gasteiger partial charge in [-0.2, -0.15) is 0 Å². The Morgan fingerprint density at radius 2 is 2.00 bits per heavy atom. The number of carbonyl (C=O) groups is 2. The lowest BCUT2D eigenvalue weighted by Crippen LogP contribution is -2.42. The molecule has 0 unspecified atom stereocenters. The predicted octanol–water partition coefficient (Wildman–Crippen LogP) is 3.50. The van der Waals surface area contributed by atoms with Gasteiger partial charge in [0.1, 0.15) is 17.9 Å². The largest absolute Gasteiger partial charge is 0.497 e. The molecule has 1 saturated heterocycles. The molecule has 0 bridgehead atoms. The molecule has 5 nitrogen and oxygen atoms in total. The second-order valence-corrected chi connectivity index (χ2v) is 8.31. The fraction of sp³-hybridized carbons (Fsp3) is 0.333. The number of hydrogen-bond acceptors (Lipinski definition) is 5. The second kappa shape index (κ2) is 6.30. The maximum Gasteiger partial charge on any atom is 0.417 e. The number of fused-ring (bicyclic) bond motifs is 4. The number of methoxy groups -OCH3 is 1. The van der Waals surface area contributed by atoms with Crippen LogP contribution in [0.1, 0.15) is 28.3 Å². The van der Waals surface area contributed by atoms with Crippen LogP contribution < -0.4 is 4.74 Å². The van der Waals surface area contributed by atoms with E-state index in [1.807, 2.05) is 42.5 Å². The lowest BCUT2D eigenvalue weighted by atomic mass is 10.0. The minimum Gasteiger partial charge on any atom is -0.497 e. The van der Waals surface area contributed by atoms with E-state index in [0.717, 1.165) is 28.2 Å². The Kier molecular flexibility index (Phi) is 3.90. The number of hydrogen-bond donors (Lipinski definition) is 0. The lowest BCUT2D eigenvalue weighted by Gasteiger charge is -2.28. The van der Waals surface area contributed by atoms with E-state index < -0.39 is 6.09 Å². The van der Waals surface area contributed by atoms with Crippen molar-refractivity contribution in [1.82, 2.24) is 4.90 Å².